The first-order valence-electron chi connectivity index (χ1n) is 10.9. The minimum atomic E-state index is -0.186. The minimum Gasteiger partial charge on any atom is -0.493 e. The van der Waals surface area contributed by atoms with Crippen molar-refractivity contribution in [1.29, 1.82) is 0 Å². The fraction of sp³-hybridized carbons (Fsp3) is 0.231. The molecule has 0 aliphatic carbocycles. The molecule has 8 heteroatoms. The third kappa shape index (κ3) is 4.98. The lowest BCUT2D eigenvalue weighted by atomic mass is 10.1. The molecule has 0 saturated carbocycles. The molecular formula is C26H28N4O3S. The second-order valence-corrected chi connectivity index (χ2v) is 8.77. The highest BCUT2D eigenvalue weighted by Gasteiger charge is 2.22. The number of nitrogens with one attached hydrogen (secondary N) is 1. The molecule has 0 spiro atoms. The number of likely N-dealkylation sites (N-methyl/N-ethyl adjacent to an activating group) is 1. The van der Waals surface area contributed by atoms with Gasteiger partial charge in [0.05, 0.1) is 31.5 Å². The zero-order valence-corrected chi connectivity index (χ0v) is 20.5. The summed E-state index contributed by atoms with van der Waals surface area (Å²) in [6.45, 7) is 0.477. The van der Waals surface area contributed by atoms with Gasteiger partial charge in [0.1, 0.15) is 5.69 Å². The van der Waals surface area contributed by atoms with E-state index in [0.717, 1.165) is 11.3 Å². The first-order chi connectivity index (χ1) is 16.5. The Morgan fingerprint density at radius 2 is 1.85 bits per heavy atom. The van der Waals surface area contributed by atoms with E-state index in [4.69, 9.17) is 14.6 Å². The van der Waals surface area contributed by atoms with Gasteiger partial charge >= 0.3 is 0 Å². The van der Waals surface area contributed by atoms with Crippen LogP contribution in [0.25, 0.3) is 16.9 Å². The first-order valence-corrected chi connectivity index (χ1v) is 11.8. The van der Waals surface area contributed by atoms with E-state index in [1.54, 1.807) is 36.4 Å². The summed E-state index contributed by atoms with van der Waals surface area (Å²) in [5.41, 5.74) is 3.86. The molecule has 1 amide bonds. The number of carbonyl (C=O) groups excluding carboxylic acids is 1. The molecule has 2 aromatic carbocycles. The molecule has 1 unspecified atom stereocenters. The van der Waals surface area contributed by atoms with Crippen molar-refractivity contribution in [3.05, 3.63) is 82.7 Å². The molecule has 0 aliphatic heterocycles. The van der Waals surface area contributed by atoms with Gasteiger partial charge in [-0.25, -0.2) is 4.68 Å². The van der Waals surface area contributed by atoms with Crippen molar-refractivity contribution in [1.82, 2.24) is 20.0 Å². The van der Waals surface area contributed by atoms with E-state index in [1.807, 2.05) is 68.0 Å². The second-order valence-electron chi connectivity index (χ2n) is 7.99. The van der Waals surface area contributed by atoms with Gasteiger partial charge in [0.2, 0.25) is 0 Å². The number of methoxy groups -OCH3 is 2. The lowest BCUT2D eigenvalue weighted by molar-refractivity contribution is 0.0942. The predicted molar refractivity (Wildman–Crippen MR) is 135 cm³/mol. The molecule has 34 heavy (non-hydrogen) atoms. The minimum absolute atomic E-state index is 0.0731. The third-order valence-corrected chi connectivity index (χ3v) is 6.35. The predicted octanol–water partition coefficient (Wildman–Crippen LogP) is 4.65. The quantitative estimate of drug-likeness (QED) is 0.381. The smallest absolute Gasteiger partial charge is 0.255 e. The summed E-state index contributed by atoms with van der Waals surface area (Å²) in [5, 5.41) is 12.0. The normalized spacial score (nSPS) is 11.9. The van der Waals surface area contributed by atoms with Gasteiger partial charge in [-0.2, -0.15) is 16.4 Å². The molecular weight excluding hydrogens is 448 g/mol. The van der Waals surface area contributed by atoms with E-state index in [9.17, 15) is 4.79 Å². The Bertz CT molecular complexity index is 1240. The van der Waals surface area contributed by atoms with Gasteiger partial charge in [-0.1, -0.05) is 18.2 Å². The Hall–Kier alpha value is -3.62. The number of ether oxygens (including phenoxy) is 2. The summed E-state index contributed by atoms with van der Waals surface area (Å²) < 4.78 is 12.6. The zero-order valence-electron chi connectivity index (χ0n) is 19.7. The molecule has 0 radical (unpaired) electrons. The molecule has 2 heterocycles. The Labute approximate surface area is 203 Å². The number of thiophene rings is 1. The Morgan fingerprint density at radius 1 is 1.09 bits per heavy atom. The number of rotatable bonds is 9. The number of para-hydroxylation sites is 1. The molecule has 176 valence electrons. The lowest BCUT2D eigenvalue weighted by Gasteiger charge is -2.24. The van der Waals surface area contributed by atoms with Gasteiger partial charge in [0.15, 0.2) is 11.5 Å². The van der Waals surface area contributed by atoms with Crippen LogP contribution >= 0.6 is 11.3 Å². The third-order valence-electron chi connectivity index (χ3n) is 5.64. The van der Waals surface area contributed by atoms with Crippen molar-refractivity contribution in [3.63, 3.8) is 0 Å². The summed E-state index contributed by atoms with van der Waals surface area (Å²) in [7, 11) is 7.20. The molecule has 1 N–H and O–H groups in total. The van der Waals surface area contributed by atoms with Crippen LogP contribution in [0.5, 0.6) is 11.5 Å². The van der Waals surface area contributed by atoms with Crippen molar-refractivity contribution < 1.29 is 14.3 Å². The first kappa shape index (κ1) is 23.5. The molecule has 1 atom stereocenters. The Kier molecular flexibility index (Phi) is 7.30. The maximum atomic E-state index is 13.4. The molecule has 0 aliphatic rings. The average molecular weight is 477 g/mol. The average Bonchev–Trinajstić information content (AvgIpc) is 3.55. The number of benzene rings is 2. The fourth-order valence-electron chi connectivity index (χ4n) is 3.80. The van der Waals surface area contributed by atoms with E-state index >= 15 is 0 Å². The molecule has 0 fully saturated rings. The SMILES string of the molecule is COc1ccc(-c2nn(-c3ccccc3)cc2C(=O)NCC(c2ccsc2)N(C)C)cc1OC. The highest BCUT2D eigenvalue weighted by molar-refractivity contribution is 7.08. The molecule has 0 bridgehead atoms. The van der Waals surface area contributed by atoms with Crippen LogP contribution in [-0.4, -0.2) is 55.4 Å². The number of hydrogen-bond acceptors (Lipinski definition) is 6. The number of aromatic nitrogens is 2. The Balaban J connectivity index is 1.69. The van der Waals surface area contributed by atoms with Gasteiger partial charge in [-0.15, -0.1) is 0 Å². The zero-order chi connectivity index (χ0) is 24.1. The van der Waals surface area contributed by atoms with Crippen LogP contribution in [0, 0.1) is 0 Å². The molecule has 2 aromatic heterocycles. The molecule has 7 nitrogen and oxygen atoms in total. The van der Waals surface area contributed by atoms with Gasteiger partial charge in [-0.05, 0) is 66.8 Å². The summed E-state index contributed by atoms with van der Waals surface area (Å²) in [6, 6.07) is 17.4. The van der Waals surface area contributed by atoms with Gasteiger partial charge in [-0.3, -0.25) is 4.79 Å². The van der Waals surface area contributed by atoms with Crippen molar-refractivity contribution in [3.8, 4) is 28.4 Å². The lowest BCUT2D eigenvalue weighted by Crippen LogP contribution is -2.34. The van der Waals surface area contributed by atoms with Gasteiger partial charge in [0, 0.05) is 18.3 Å². The van der Waals surface area contributed by atoms with Crippen molar-refractivity contribution in [2.45, 2.75) is 6.04 Å². The largest absolute Gasteiger partial charge is 0.493 e. The van der Waals surface area contributed by atoms with Crippen LogP contribution in [0.3, 0.4) is 0 Å². The van der Waals surface area contributed by atoms with Crippen molar-refractivity contribution in [2.75, 3.05) is 34.9 Å². The highest BCUT2D eigenvalue weighted by Crippen LogP contribution is 2.33. The van der Waals surface area contributed by atoms with Crippen LogP contribution in [0.1, 0.15) is 22.0 Å². The van der Waals surface area contributed by atoms with Crippen LogP contribution in [0.15, 0.2) is 71.6 Å². The van der Waals surface area contributed by atoms with Crippen molar-refractivity contribution in [2.24, 2.45) is 0 Å². The highest BCUT2D eigenvalue weighted by atomic mass is 32.1. The van der Waals surface area contributed by atoms with E-state index in [2.05, 4.69) is 21.7 Å². The maximum Gasteiger partial charge on any atom is 0.255 e. The number of carbonyl (C=O) groups is 1. The van der Waals surface area contributed by atoms with E-state index in [-0.39, 0.29) is 11.9 Å². The van der Waals surface area contributed by atoms with E-state index < -0.39 is 0 Å². The van der Waals surface area contributed by atoms with Crippen LogP contribution in [-0.2, 0) is 0 Å². The van der Waals surface area contributed by atoms with Crippen LogP contribution in [0.4, 0.5) is 0 Å². The summed E-state index contributed by atoms with van der Waals surface area (Å²) in [5.74, 6) is 1.00. The van der Waals surface area contributed by atoms with E-state index in [1.165, 1.54) is 5.56 Å². The van der Waals surface area contributed by atoms with Crippen LogP contribution in [0.2, 0.25) is 0 Å². The van der Waals surface area contributed by atoms with Gasteiger partial charge in [0.25, 0.3) is 5.91 Å². The molecule has 0 saturated heterocycles. The Morgan fingerprint density at radius 3 is 2.50 bits per heavy atom. The number of amides is 1. The summed E-state index contributed by atoms with van der Waals surface area (Å²) >= 11 is 1.65. The fourth-order valence-corrected chi connectivity index (χ4v) is 4.50. The summed E-state index contributed by atoms with van der Waals surface area (Å²) in [6.07, 6.45) is 1.77. The topological polar surface area (TPSA) is 68.6 Å². The second kappa shape index (κ2) is 10.5. The van der Waals surface area contributed by atoms with Crippen molar-refractivity contribution >= 4 is 17.2 Å². The monoisotopic (exact) mass is 476 g/mol. The molecule has 4 rings (SSSR count). The van der Waals surface area contributed by atoms with E-state index in [0.29, 0.717) is 29.3 Å². The number of hydrogen-bond donors (Lipinski definition) is 1. The maximum absolute atomic E-state index is 13.4. The number of nitrogens with zero attached hydrogens (tertiary/aromatic N) is 3. The van der Waals surface area contributed by atoms with Gasteiger partial charge < -0.3 is 19.7 Å². The standard InChI is InChI=1S/C26H28N4O3S/c1-29(2)22(19-12-13-34-17-19)15-27-26(31)21-16-30(20-8-6-5-7-9-20)28-25(21)18-10-11-23(32-3)24(14-18)33-4/h5-14,16-17,22H,15H2,1-4H3,(H,27,31). The molecule has 4 aromatic rings. The van der Waals surface area contributed by atoms with Crippen LogP contribution < -0.4 is 14.8 Å². The summed E-state index contributed by atoms with van der Waals surface area (Å²) in [4.78, 5) is 15.5.